The molecule has 0 unspecified atom stereocenters. The van der Waals surface area contributed by atoms with Gasteiger partial charge in [0.25, 0.3) is 0 Å². The fourth-order valence-electron chi connectivity index (χ4n) is 1.90. The van der Waals surface area contributed by atoms with E-state index in [1.54, 1.807) is 0 Å². The molecule has 296 valence electrons. The van der Waals surface area contributed by atoms with Crippen LogP contribution < -0.4 is 0 Å². The van der Waals surface area contributed by atoms with Gasteiger partial charge < -0.3 is 33.9 Å². The molecule has 2 N–H and O–H groups in total. The van der Waals surface area contributed by atoms with Crippen LogP contribution in [0.2, 0.25) is 0 Å². The maximum atomic E-state index is 11.0. The maximum Gasteiger partial charge on any atom is 0.365 e. The third kappa shape index (κ3) is 66.8. The molecule has 0 rings (SSSR count). The summed E-state index contributed by atoms with van der Waals surface area (Å²) in [7, 11) is 0. The van der Waals surface area contributed by atoms with Crippen molar-refractivity contribution >= 4 is 11.9 Å². The van der Waals surface area contributed by atoms with Crippen molar-refractivity contribution < 1.29 is 63.0 Å². The fourth-order valence-corrected chi connectivity index (χ4v) is 1.90. The summed E-state index contributed by atoms with van der Waals surface area (Å²) >= 11 is 0. The Labute approximate surface area is 292 Å². The number of rotatable bonds is 24. The summed E-state index contributed by atoms with van der Waals surface area (Å²) in [5.74, 6) is -1.56. The average Bonchev–Trinajstić information content (AvgIpc) is 2.93. The maximum absolute atomic E-state index is 11.0. The van der Waals surface area contributed by atoms with Crippen molar-refractivity contribution in [1.82, 2.24) is 0 Å². The molecule has 13 heteroatoms. The van der Waals surface area contributed by atoms with Crippen molar-refractivity contribution in [2.45, 2.75) is 86.5 Å². The zero-order valence-corrected chi connectivity index (χ0v) is 21.4. The summed E-state index contributed by atoms with van der Waals surface area (Å²) in [4.78, 5) is 40.3. The van der Waals surface area contributed by atoms with E-state index in [0.29, 0.717) is 0 Å². The van der Waals surface area contributed by atoms with Crippen LogP contribution in [0.15, 0.2) is 51.6 Å². The summed E-state index contributed by atoms with van der Waals surface area (Å²) in [6.45, 7) is 19.5. The van der Waals surface area contributed by atoms with Gasteiger partial charge in [-0.3, -0.25) is 9.78 Å². The molecule has 47 heavy (non-hydrogen) atoms. The van der Waals surface area contributed by atoms with Crippen molar-refractivity contribution in [3.05, 3.63) is 51.6 Å². The summed E-state index contributed by atoms with van der Waals surface area (Å²) < 4.78 is 27.0. The van der Waals surface area contributed by atoms with E-state index < -0.39 is 18.0 Å². The molecule has 0 radical (unpaired) electrons. The lowest BCUT2D eigenvalue weighted by molar-refractivity contribution is -0.305. The number of carbonyl (C=O) groups is 2. The minimum Gasteiger partial charge on any atom is -0.394 e. The van der Waals surface area contributed by atoms with E-state index >= 15 is 0 Å². The van der Waals surface area contributed by atoms with E-state index in [0.717, 1.165) is 12.2 Å². The second-order valence-corrected chi connectivity index (χ2v) is 5.98. The second kappa shape index (κ2) is 74.4. The SMILES string of the molecule is C.C.C.C.C.C.C.C.C.C.C=C.C=C.C=CC(=O)OOCC(COOC(=O)C=C)OCCOCCOC(COCCO)COCCO. The number of hydrogen-bond donors (Lipinski definition) is 2. The van der Waals surface area contributed by atoms with Crippen LogP contribution in [0, 0.1) is 0 Å². The van der Waals surface area contributed by atoms with Gasteiger partial charge in [-0.1, -0.05) is 87.4 Å². The molecular formula is C34H82O13. The molecular weight excluding hydrogens is 616 g/mol. The second-order valence-electron chi connectivity index (χ2n) is 5.98. The van der Waals surface area contributed by atoms with E-state index in [4.69, 9.17) is 43.7 Å². The van der Waals surface area contributed by atoms with E-state index in [9.17, 15) is 9.59 Å². The fraction of sp³-hybridized carbons (Fsp3) is 0.706. The number of carbonyl (C=O) groups excluding carboxylic acids is 2. The average molecular weight is 699 g/mol. The van der Waals surface area contributed by atoms with Crippen LogP contribution in [0.1, 0.15) is 74.3 Å². The largest absolute Gasteiger partial charge is 0.394 e. The van der Waals surface area contributed by atoms with Gasteiger partial charge in [0, 0.05) is 12.2 Å². The summed E-state index contributed by atoms with van der Waals surface area (Å²) in [6, 6.07) is 0. The smallest absolute Gasteiger partial charge is 0.365 e. The molecule has 0 aliphatic heterocycles. The topological polar surface area (TPSA) is 158 Å². The highest BCUT2D eigenvalue weighted by atomic mass is 17.2. The predicted molar refractivity (Wildman–Crippen MR) is 200 cm³/mol. The lowest BCUT2D eigenvalue weighted by Gasteiger charge is -2.18. The van der Waals surface area contributed by atoms with Gasteiger partial charge in [0.15, 0.2) is 0 Å². The van der Waals surface area contributed by atoms with Gasteiger partial charge in [0.2, 0.25) is 0 Å². The molecule has 0 bridgehead atoms. The van der Waals surface area contributed by atoms with E-state index in [1.807, 2.05) is 0 Å². The van der Waals surface area contributed by atoms with Crippen molar-refractivity contribution in [3.63, 3.8) is 0 Å². The Balaban J connectivity index is -0.0000000720. The highest BCUT2D eigenvalue weighted by Gasteiger charge is 2.14. The first-order valence-electron chi connectivity index (χ1n) is 11.2. The highest BCUT2D eigenvalue weighted by molar-refractivity contribution is 5.80. The van der Waals surface area contributed by atoms with Crippen LogP contribution in [-0.4, -0.2) is 114 Å². The highest BCUT2D eigenvalue weighted by Crippen LogP contribution is 1.99. The van der Waals surface area contributed by atoms with Crippen LogP contribution in [0.3, 0.4) is 0 Å². The standard InChI is InChI=1S/C20H34O13.2C2H4.10CH4/c1-3-19(23)32-30-15-18(16-31-33-20(24)4-2)29-12-10-25-9-11-28-17(13-26-7-5-21)14-27-8-6-22;2*1-2;;;;;;;;;;/h3-4,17-18,21-22H,1-2,5-16H2;2*1-2H2;10*1H4. The molecule has 0 aliphatic carbocycles. The summed E-state index contributed by atoms with van der Waals surface area (Å²) in [5.41, 5.74) is 0. The molecule has 0 heterocycles. The van der Waals surface area contributed by atoms with Gasteiger partial charge in [-0.25, -0.2) is 9.59 Å². The Morgan fingerprint density at radius 1 is 0.489 bits per heavy atom. The molecule has 0 aromatic carbocycles. The normalized spacial score (nSPS) is 7.91. The molecule has 0 spiro atoms. The van der Waals surface area contributed by atoms with E-state index in [2.05, 4.69) is 49.2 Å². The van der Waals surface area contributed by atoms with Crippen LogP contribution in [0.5, 0.6) is 0 Å². The molecule has 13 nitrogen and oxygen atoms in total. The molecule has 0 saturated carbocycles. The first kappa shape index (κ1) is 84.9. The molecule has 0 saturated heterocycles. The minimum absolute atomic E-state index is 0. The number of ether oxygens (including phenoxy) is 5. The van der Waals surface area contributed by atoms with Crippen LogP contribution in [0.4, 0.5) is 0 Å². The quantitative estimate of drug-likeness (QED) is 0.0347. The molecule has 0 fully saturated rings. The van der Waals surface area contributed by atoms with Crippen molar-refractivity contribution in [3.8, 4) is 0 Å². The van der Waals surface area contributed by atoms with Gasteiger partial charge in [0.05, 0.1) is 66.1 Å². The third-order valence-corrected chi connectivity index (χ3v) is 3.36. The van der Waals surface area contributed by atoms with Gasteiger partial charge in [-0.05, 0) is 0 Å². The Kier molecular flexibility index (Phi) is 134. The number of hydrogen-bond acceptors (Lipinski definition) is 13. The Morgan fingerprint density at radius 3 is 1.06 bits per heavy atom. The molecule has 0 aromatic heterocycles. The van der Waals surface area contributed by atoms with E-state index in [-0.39, 0.29) is 160 Å². The minimum atomic E-state index is -0.780. The molecule has 0 amide bonds. The third-order valence-electron chi connectivity index (χ3n) is 3.36. The van der Waals surface area contributed by atoms with Crippen molar-refractivity contribution in [1.29, 1.82) is 0 Å². The van der Waals surface area contributed by atoms with Crippen molar-refractivity contribution in [2.75, 3.05) is 79.3 Å². The van der Waals surface area contributed by atoms with Gasteiger partial charge >= 0.3 is 11.9 Å². The van der Waals surface area contributed by atoms with Crippen LogP contribution in [-0.2, 0) is 52.8 Å². The van der Waals surface area contributed by atoms with E-state index in [1.165, 1.54) is 0 Å². The predicted octanol–water partition coefficient (Wildman–Crippen LogP) is 7.08. The van der Waals surface area contributed by atoms with Crippen LogP contribution >= 0.6 is 0 Å². The van der Waals surface area contributed by atoms with Crippen molar-refractivity contribution in [2.24, 2.45) is 0 Å². The Bertz CT molecular complexity index is 512. The molecule has 0 aliphatic rings. The Morgan fingerprint density at radius 2 is 0.787 bits per heavy atom. The summed E-state index contributed by atoms with van der Waals surface area (Å²) in [6.07, 6.45) is 0.738. The molecule has 0 atom stereocenters. The van der Waals surface area contributed by atoms with Gasteiger partial charge in [-0.2, -0.15) is 9.78 Å². The zero-order valence-electron chi connectivity index (χ0n) is 21.4. The lowest BCUT2D eigenvalue weighted by Crippen LogP contribution is -2.29. The number of aliphatic hydroxyl groups is 2. The first-order valence-corrected chi connectivity index (χ1v) is 11.2. The summed E-state index contributed by atoms with van der Waals surface area (Å²) in [5, 5.41) is 17.5. The van der Waals surface area contributed by atoms with Gasteiger partial charge in [0.1, 0.15) is 25.4 Å². The monoisotopic (exact) mass is 699 g/mol. The van der Waals surface area contributed by atoms with Crippen LogP contribution in [0.25, 0.3) is 0 Å². The molecule has 0 aromatic rings. The zero-order chi connectivity index (χ0) is 28.6. The first-order chi connectivity index (χ1) is 18.1. The lowest BCUT2D eigenvalue weighted by atomic mass is 10.4. The van der Waals surface area contributed by atoms with Gasteiger partial charge in [-0.15, -0.1) is 26.3 Å². The number of aliphatic hydroxyl groups excluding tert-OH is 2. The Hall–Kier alpha value is -2.46.